The van der Waals surface area contributed by atoms with E-state index in [9.17, 15) is 9.59 Å². The van der Waals surface area contributed by atoms with E-state index in [4.69, 9.17) is 10.2 Å². The first-order valence-electron chi connectivity index (χ1n) is 6.55. The fourth-order valence-corrected chi connectivity index (χ4v) is 2.71. The van der Waals surface area contributed by atoms with Gasteiger partial charge in [-0.25, -0.2) is 9.59 Å². The van der Waals surface area contributed by atoms with Gasteiger partial charge < -0.3 is 14.8 Å². The van der Waals surface area contributed by atoms with Crippen LogP contribution in [0.1, 0.15) is 27.6 Å². The molecule has 0 aliphatic rings. The Labute approximate surface area is 120 Å². The van der Waals surface area contributed by atoms with Crippen LogP contribution in [0.25, 0.3) is 21.8 Å². The maximum Gasteiger partial charge on any atom is 0.335 e. The summed E-state index contributed by atoms with van der Waals surface area (Å²) in [5.74, 6) is -1.99. The third-order valence-electron chi connectivity index (χ3n) is 3.67. The summed E-state index contributed by atoms with van der Waals surface area (Å²) in [6.07, 6.45) is 0. The molecular formula is C16H13NO4. The largest absolute Gasteiger partial charge is 0.478 e. The number of carboxylic acid groups (broad SMARTS) is 2. The van der Waals surface area contributed by atoms with Gasteiger partial charge in [-0.3, -0.25) is 0 Å². The molecule has 0 fully saturated rings. The molecule has 3 rings (SSSR count). The van der Waals surface area contributed by atoms with Gasteiger partial charge in [-0.15, -0.1) is 0 Å². The molecule has 0 amide bonds. The van der Waals surface area contributed by atoms with Crippen LogP contribution >= 0.6 is 0 Å². The molecule has 0 saturated heterocycles. The summed E-state index contributed by atoms with van der Waals surface area (Å²) in [6, 6.07) is 9.85. The van der Waals surface area contributed by atoms with Gasteiger partial charge in [0, 0.05) is 28.4 Å². The highest BCUT2D eigenvalue weighted by atomic mass is 16.4. The van der Waals surface area contributed by atoms with Crippen molar-refractivity contribution in [1.82, 2.24) is 4.57 Å². The van der Waals surface area contributed by atoms with E-state index in [2.05, 4.69) is 0 Å². The molecule has 3 aromatic rings. The molecule has 5 heteroatoms. The van der Waals surface area contributed by atoms with E-state index in [1.54, 1.807) is 36.4 Å². The molecular weight excluding hydrogens is 270 g/mol. The second-order valence-corrected chi connectivity index (χ2v) is 4.82. The lowest BCUT2D eigenvalue weighted by molar-refractivity contribution is 0.0686. The van der Waals surface area contributed by atoms with Crippen LogP contribution in [-0.4, -0.2) is 26.7 Å². The standard InChI is InChI=1S/C16H13NO4/c1-2-17-13-5-3-9(15(18)19)7-11(13)12-8-10(16(20)21)4-6-14(12)17/h3-8H,2H2,1H3,(H,18,19)(H,20,21). The molecule has 0 bridgehead atoms. The van der Waals surface area contributed by atoms with Crippen molar-refractivity contribution < 1.29 is 19.8 Å². The van der Waals surface area contributed by atoms with Crippen molar-refractivity contribution in [2.75, 3.05) is 0 Å². The molecule has 0 aliphatic heterocycles. The quantitative estimate of drug-likeness (QED) is 0.773. The molecule has 0 atom stereocenters. The van der Waals surface area contributed by atoms with E-state index in [1.165, 1.54) is 0 Å². The summed E-state index contributed by atoms with van der Waals surface area (Å²) in [4.78, 5) is 22.3. The second-order valence-electron chi connectivity index (χ2n) is 4.82. The molecule has 21 heavy (non-hydrogen) atoms. The predicted molar refractivity (Wildman–Crippen MR) is 79.0 cm³/mol. The number of fused-ring (bicyclic) bond motifs is 3. The zero-order valence-corrected chi connectivity index (χ0v) is 11.3. The van der Waals surface area contributed by atoms with Gasteiger partial charge in [0.25, 0.3) is 0 Å². The Hall–Kier alpha value is -2.82. The topological polar surface area (TPSA) is 79.5 Å². The maximum absolute atomic E-state index is 11.1. The van der Waals surface area contributed by atoms with Crippen LogP contribution in [0, 0.1) is 0 Å². The van der Waals surface area contributed by atoms with Crippen LogP contribution in [0.15, 0.2) is 36.4 Å². The summed E-state index contributed by atoms with van der Waals surface area (Å²) in [6.45, 7) is 2.72. The van der Waals surface area contributed by atoms with Crippen molar-refractivity contribution in [3.05, 3.63) is 47.5 Å². The number of aromatic nitrogens is 1. The zero-order chi connectivity index (χ0) is 15.1. The van der Waals surface area contributed by atoms with Crippen molar-refractivity contribution in [3.8, 4) is 0 Å². The SMILES string of the molecule is CCn1c2ccc(C(=O)O)cc2c2cc(C(=O)O)ccc21. The number of aromatic carboxylic acids is 2. The highest BCUT2D eigenvalue weighted by molar-refractivity contribution is 6.11. The average Bonchev–Trinajstić information content (AvgIpc) is 2.79. The predicted octanol–water partition coefficient (Wildman–Crippen LogP) is 3.21. The third-order valence-corrected chi connectivity index (χ3v) is 3.67. The van der Waals surface area contributed by atoms with Crippen molar-refractivity contribution in [2.24, 2.45) is 0 Å². The van der Waals surface area contributed by atoms with Crippen LogP contribution in [0.3, 0.4) is 0 Å². The maximum atomic E-state index is 11.1. The lowest BCUT2D eigenvalue weighted by Crippen LogP contribution is -1.97. The highest BCUT2D eigenvalue weighted by Gasteiger charge is 2.14. The molecule has 0 saturated carbocycles. The van der Waals surface area contributed by atoms with Crippen molar-refractivity contribution in [2.45, 2.75) is 13.5 Å². The highest BCUT2D eigenvalue weighted by Crippen LogP contribution is 2.30. The molecule has 2 aromatic carbocycles. The number of nitrogens with zero attached hydrogens (tertiary/aromatic N) is 1. The molecule has 5 nitrogen and oxygen atoms in total. The fraction of sp³-hybridized carbons (Fsp3) is 0.125. The summed E-state index contributed by atoms with van der Waals surface area (Å²) in [5.41, 5.74) is 2.19. The van der Waals surface area contributed by atoms with Gasteiger partial charge in [0.2, 0.25) is 0 Å². The third kappa shape index (κ3) is 1.94. The molecule has 1 aromatic heterocycles. The van der Waals surface area contributed by atoms with Gasteiger partial charge in [0.05, 0.1) is 11.1 Å². The van der Waals surface area contributed by atoms with Gasteiger partial charge in [-0.05, 0) is 43.3 Å². The lowest BCUT2D eigenvalue weighted by Gasteiger charge is -2.03. The molecule has 0 radical (unpaired) electrons. The van der Waals surface area contributed by atoms with Crippen LogP contribution in [0.5, 0.6) is 0 Å². The summed E-state index contributed by atoms with van der Waals surface area (Å²) >= 11 is 0. The monoisotopic (exact) mass is 283 g/mol. The van der Waals surface area contributed by atoms with E-state index < -0.39 is 11.9 Å². The van der Waals surface area contributed by atoms with Crippen LogP contribution in [-0.2, 0) is 6.54 Å². The molecule has 0 spiro atoms. The lowest BCUT2D eigenvalue weighted by atomic mass is 10.1. The number of carbonyl (C=O) groups is 2. The number of hydrogen-bond donors (Lipinski definition) is 2. The molecule has 2 N–H and O–H groups in total. The fourth-order valence-electron chi connectivity index (χ4n) is 2.71. The summed E-state index contributed by atoms with van der Waals surface area (Å²) in [7, 11) is 0. The van der Waals surface area contributed by atoms with Crippen molar-refractivity contribution in [3.63, 3.8) is 0 Å². The van der Waals surface area contributed by atoms with Crippen LogP contribution in [0.4, 0.5) is 0 Å². The van der Waals surface area contributed by atoms with Gasteiger partial charge in [-0.1, -0.05) is 0 Å². The van der Waals surface area contributed by atoms with E-state index in [0.29, 0.717) is 0 Å². The Bertz CT molecular complexity index is 821. The smallest absolute Gasteiger partial charge is 0.335 e. The first-order chi connectivity index (χ1) is 10.0. The molecule has 1 heterocycles. The minimum atomic E-state index is -0.997. The Kier molecular flexibility index (Phi) is 2.90. The average molecular weight is 283 g/mol. The number of benzene rings is 2. The first kappa shape index (κ1) is 13.2. The van der Waals surface area contributed by atoms with E-state index in [1.807, 2.05) is 11.5 Å². The van der Waals surface area contributed by atoms with Crippen molar-refractivity contribution >= 4 is 33.7 Å². The minimum absolute atomic E-state index is 0.193. The zero-order valence-electron chi connectivity index (χ0n) is 11.3. The van der Waals surface area contributed by atoms with E-state index in [-0.39, 0.29) is 11.1 Å². The molecule has 0 aliphatic carbocycles. The Morgan fingerprint density at radius 2 is 1.33 bits per heavy atom. The minimum Gasteiger partial charge on any atom is -0.478 e. The number of aryl methyl sites for hydroxylation is 1. The first-order valence-corrected chi connectivity index (χ1v) is 6.55. The Morgan fingerprint density at radius 3 is 1.67 bits per heavy atom. The number of carboxylic acids is 2. The van der Waals surface area contributed by atoms with E-state index >= 15 is 0 Å². The van der Waals surface area contributed by atoms with Gasteiger partial charge in [-0.2, -0.15) is 0 Å². The van der Waals surface area contributed by atoms with E-state index in [0.717, 1.165) is 28.4 Å². The van der Waals surface area contributed by atoms with Gasteiger partial charge in [0.1, 0.15) is 0 Å². The molecule has 0 unspecified atom stereocenters. The van der Waals surface area contributed by atoms with Crippen LogP contribution in [0.2, 0.25) is 0 Å². The number of hydrogen-bond acceptors (Lipinski definition) is 2. The van der Waals surface area contributed by atoms with Gasteiger partial charge in [0.15, 0.2) is 0 Å². The Morgan fingerprint density at radius 1 is 0.905 bits per heavy atom. The summed E-state index contributed by atoms with van der Waals surface area (Å²) < 4.78 is 2.04. The van der Waals surface area contributed by atoms with Gasteiger partial charge >= 0.3 is 11.9 Å². The van der Waals surface area contributed by atoms with Crippen molar-refractivity contribution in [1.29, 1.82) is 0 Å². The summed E-state index contributed by atoms with van der Waals surface area (Å²) in [5, 5.41) is 19.8. The second kappa shape index (κ2) is 4.63. The Balaban J connectivity index is 2.45. The molecule has 106 valence electrons. The number of rotatable bonds is 3. The van der Waals surface area contributed by atoms with Crippen LogP contribution < -0.4 is 0 Å². The normalized spacial score (nSPS) is 11.1.